The molecule has 0 amide bonds. The highest BCUT2D eigenvalue weighted by Crippen LogP contribution is 2.49. The Morgan fingerprint density at radius 1 is 0.224 bits per heavy atom. The topological polar surface area (TPSA) is 0 Å². The summed E-state index contributed by atoms with van der Waals surface area (Å²) >= 11 is 0. The summed E-state index contributed by atoms with van der Waals surface area (Å²) in [5.41, 5.74) is 15.6. The van der Waals surface area contributed by atoms with E-state index in [9.17, 15) is 0 Å². The fourth-order valence-electron chi connectivity index (χ4n) is 8.18. The van der Waals surface area contributed by atoms with Crippen molar-refractivity contribution in [2.45, 2.75) is 6.42 Å². The van der Waals surface area contributed by atoms with Crippen LogP contribution in [0.3, 0.4) is 0 Å². The lowest BCUT2D eigenvalue weighted by atomic mass is 9.88. The normalized spacial score (nSPS) is 12.0. The zero-order valence-corrected chi connectivity index (χ0v) is 27.0. The van der Waals surface area contributed by atoms with Crippen molar-refractivity contribution in [2.75, 3.05) is 0 Å². The van der Waals surface area contributed by atoms with Gasteiger partial charge < -0.3 is 0 Å². The predicted octanol–water partition coefficient (Wildman–Crippen LogP) is 13.4. The molecule has 10 rings (SSSR count). The van der Waals surface area contributed by atoms with Gasteiger partial charge in [-0.1, -0.05) is 152 Å². The molecule has 9 aromatic carbocycles. The molecule has 0 aliphatic heterocycles. The van der Waals surface area contributed by atoms with Crippen molar-refractivity contribution in [2.24, 2.45) is 0 Å². The molecule has 0 saturated carbocycles. The van der Waals surface area contributed by atoms with Crippen LogP contribution in [0.4, 0.5) is 0 Å². The van der Waals surface area contributed by atoms with Crippen molar-refractivity contribution in [3.8, 4) is 55.6 Å². The second kappa shape index (κ2) is 11.2. The van der Waals surface area contributed by atoms with Gasteiger partial charge in [-0.2, -0.15) is 0 Å². The van der Waals surface area contributed by atoms with E-state index in [1.165, 1.54) is 99.1 Å². The van der Waals surface area contributed by atoms with Crippen LogP contribution in [-0.2, 0) is 6.42 Å². The van der Waals surface area contributed by atoms with E-state index in [4.69, 9.17) is 0 Å². The van der Waals surface area contributed by atoms with Crippen LogP contribution in [0.15, 0.2) is 182 Å². The minimum Gasteiger partial charge on any atom is -0.0622 e. The molecule has 0 spiro atoms. The van der Waals surface area contributed by atoms with E-state index in [-0.39, 0.29) is 0 Å². The lowest BCUT2D eigenvalue weighted by molar-refractivity contribution is 1.26. The maximum absolute atomic E-state index is 2.46. The summed E-state index contributed by atoms with van der Waals surface area (Å²) in [6.07, 6.45) is 0.906. The maximum Gasteiger partial charge on any atom is -0.000110 e. The fourth-order valence-corrected chi connectivity index (χ4v) is 8.18. The standard InChI is InChI=1S/C49H32/c1-4-14-32(15-5-1)36-27-43(33-16-6-2-7-17-33)48-31-49-44(34-18-8-3-9-19-34)28-37(30-47(49)46(48)29-36)35-24-25-42-40-22-11-10-20-38(40)39-21-12-13-23-41(39)45(42)26-35/h1-30H,31H2. The summed E-state index contributed by atoms with van der Waals surface area (Å²) in [5, 5.41) is 7.81. The lowest BCUT2D eigenvalue weighted by Crippen LogP contribution is -1.92. The summed E-state index contributed by atoms with van der Waals surface area (Å²) in [7, 11) is 0. The molecule has 0 heteroatoms. The van der Waals surface area contributed by atoms with E-state index in [1.807, 2.05) is 0 Å². The Morgan fingerprint density at radius 2 is 0.592 bits per heavy atom. The lowest BCUT2D eigenvalue weighted by Gasteiger charge is -2.15. The molecule has 228 valence electrons. The van der Waals surface area contributed by atoms with Gasteiger partial charge in [0.2, 0.25) is 0 Å². The Balaban J connectivity index is 1.25. The summed E-state index contributed by atoms with van der Waals surface area (Å²) in [5.74, 6) is 0. The van der Waals surface area contributed by atoms with E-state index in [0.717, 1.165) is 6.42 Å². The Bertz CT molecular complexity index is 2670. The SMILES string of the molecule is c1ccc(-c2cc(-c3ccccc3)c3c(c2)-c2cc(-c4ccc5c6ccccc6c6ccccc6c5c4)cc(-c4ccccc4)c2C3)cc1. The second-order valence-electron chi connectivity index (χ2n) is 13.2. The predicted molar refractivity (Wildman–Crippen MR) is 209 cm³/mol. The Labute approximate surface area is 286 Å². The molecule has 0 heterocycles. The molecule has 0 atom stereocenters. The van der Waals surface area contributed by atoms with Gasteiger partial charge >= 0.3 is 0 Å². The molecule has 0 radical (unpaired) electrons. The number of hydrogen-bond acceptors (Lipinski definition) is 0. The molecule has 0 bridgehead atoms. The van der Waals surface area contributed by atoms with E-state index in [1.54, 1.807) is 0 Å². The van der Waals surface area contributed by atoms with Crippen molar-refractivity contribution in [3.63, 3.8) is 0 Å². The molecule has 0 aromatic heterocycles. The van der Waals surface area contributed by atoms with Gasteiger partial charge in [-0.15, -0.1) is 0 Å². The quantitative estimate of drug-likeness (QED) is 0.172. The molecule has 1 aliphatic rings. The minimum atomic E-state index is 0.906. The minimum absolute atomic E-state index is 0.906. The smallest absolute Gasteiger partial charge is 0.000110 e. The van der Waals surface area contributed by atoms with E-state index in [2.05, 4.69) is 182 Å². The number of fused-ring (bicyclic) bond motifs is 9. The molecule has 0 fully saturated rings. The van der Waals surface area contributed by atoms with Gasteiger partial charge in [-0.3, -0.25) is 0 Å². The molecule has 0 saturated heterocycles. The van der Waals surface area contributed by atoms with Crippen LogP contribution >= 0.6 is 0 Å². The van der Waals surface area contributed by atoms with Crippen LogP contribution in [0.25, 0.3) is 88.0 Å². The van der Waals surface area contributed by atoms with Crippen LogP contribution < -0.4 is 0 Å². The molecule has 1 aliphatic carbocycles. The van der Waals surface area contributed by atoms with Crippen molar-refractivity contribution >= 4 is 32.3 Å². The first-order valence-corrected chi connectivity index (χ1v) is 17.1. The number of hydrogen-bond donors (Lipinski definition) is 0. The van der Waals surface area contributed by atoms with E-state index in [0.29, 0.717) is 0 Å². The van der Waals surface area contributed by atoms with Gasteiger partial charge in [0.15, 0.2) is 0 Å². The molecule has 0 nitrogen and oxygen atoms in total. The summed E-state index contributed by atoms with van der Waals surface area (Å²) < 4.78 is 0. The highest BCUT2D eigenvalue weighted by Gasteiger charge is 2.27. The first kappa shape index (κ1) is 27.8. The van der Waals surface area contributed by atoms with Crippen LogP contribution in [0.1, 0.15) is 11.1 Å². The maximum atomic E-state index is 2.46. The molecule has 0 N–H and O–H groups in total. The largest absolute Gasteiger partial charge is 0.0622 e. The zero-order valence-electron chi connectivity index (χ0n) is 27.0. The molecule has 49 heavy (non-hydrogen) atoms. The molecular formula is C49H32. The number of rotatable bonds is 4. The number of benzene rings is 9. The van der Waals surface area contributed by atoms with Gasteiger partial charge in [-0.25, -0.2) is 0 Å². The average molecular weight is 621 g/mol. The fraction of sp³-hybridized carbons (Fsp3) is 0.0204. The third-order valence-corrected chi connectivity index (χ3v) is 10.5. The summed E-state index contributed by atoms with van der Waals surface area (Å²) in [6, 6.07) is 67.2. The van der Waals surface area contributed by atoms with E-state index < -0.39 is 0 Å². The molecule has 0 unspecified atom stereocenters. The van der Waals surface area contributed by atoms with Crippen molar-refractivity contribution < 1.29 is 0 Å². The van der Waals surface area contributed by atoms with Crippen molar-refractivity contribution in [3.05, 3.63) is 193 Å². The zero-order chi connectivity index (χ0) is 32.3. The average Bonchev–Trinajstić information content (AvgIpc) is 3.57. The van der Waals surface area contributed by atoms with Crippen LogP contribution in [0, 0.1) is 0 Å². The van der Waals surface area contributed by atoms with Gasteiger partial charge in [0.1, 0.15) is 0 Å². The molecular weight excluding hydrogens is 589 g/mol. The van der Waals surface area contributed by atoms with Gasteiger partial charge in [0.05, 0.1) is 0 Å². The summed E-state index contributed by atoms with van der Waals surface area (Å²) in [4.78, 5) is 0. The molecule has 9 aromatic rings. The van der Waals surface area contributed by atoms with Gasteiger partial charge in [0, 0.05) is 0 Å². The Morgan fingerprint density at radius 3 is 1.08 bits per heavy atom. The third kappa shape index (κ3) is 4.53. The second-order valence-corrected chi connectivity index (χ2v) is 13.2. The van der Waals surface area contributed by atoms with Crippen molar-refractivity contribution in [1.82, 2.24) is 0 Å². The highest BCUT2D eigenvalue weighted by atomic mass is 14.3. The summed E-state index contributed by atoms with van der Waals surface area (Å²) in [6.45, 7) is 0. The Hall–Kier alpha value is -6.24. The van der Waals surface area contributed by atoms with Crippen LogP contribution in [0.5, 0.6) is 0 Å². The first-order chi connectivity index (χ1) is 24.3. The third-order valence-electron chi connectivity index (χ3n) is 10.5. The van der Waals surface area contributed by atoms with Gasteiger partial charge in [0.25, 0.3) is 0 Å². The van der Waals surface area contributed by atoms with Crippen LogP contribution in [-0.4, -0.2) is 0 Å². The van der Waals surface area contributed by atoms with Crippen molar-refractivity contribution in [1.29, 1.82) is 0 Å². The van der Waals surface area contributed by atoms with E-state index >= 15 is 0 Å². The Kier molecular flexibility index (Phi) is 6.35. The highest BCUT2D eigenvalue weighted by molar-refractivity contribution is 6.25. The van der Waals surface area contributed by atoms with Crippen LogP contribution in [0.2, 0.25) is 0 Å². The monoisotopic (exact) mass is 620 g/mol. The first-order valence-electron chi connectivity index (χ1n) is 17.1. The van der Waals surface area contributed by atoms with Gasteiger partial charge in [-0.05, 0) is 136 Å².